The molecule has 4 aromatic rings. The van der Waals surface area contributed by atoms with Crippen LogP contribution in [0, 0.1) is 29.1 Å². The van der Waals surface area contributed by atoms with Gasteiger partial charge < -0.3 is 14.7 Å². The Morgan fingerprint density at radius 2 is 1.57 bits per heavy atom. The number of anilines is 1. The van der Waals surface area contributed by atoms with Gasteiger partial charge in [-0.2, -0.15) is 0 Å². The number of carbonyl (C=O) groups is 2. The van der Waals surface area contributed by atoms with E-state index in [1.165, 1.54) is 29.5 Å². The van der Waals surface area contributed by atoms with E-state index in [0.29, 0.717) is 11.6 Å². The molecule has 49 heavy (non-hydrogen) atoms. The van der Waals surface area contributed by atoms with Gasteiger partial charge in [-0.25, -0.2) is 31.1 Å². The highest BCUT2D eigenvalue weighted by atomic mass is 32.2. The van der Waals surface area contributed by atoms with Crippen LogP contribution < -0.4 is 9.64 Å². The van der Waals surface area contributed by atoms with Crippen LogP contribution in [0.4, 0.5) is 27.6 Å². The lowest BCUT2D eigenvalue weighted by atomic mass is 9.85. The highest BCUT2D eigenvalue weighted by Gasteiger charge is 2.29. The summed E-state index contributed by atoms with van der Waals surface area (Å²) in [6, 6.07) is 17.0. The molecular weight excluding hydrogens is 665 g/mol. The normalized spacial score (nSPS) is 13.4. The standard InChI is InChI=1S/C36H34F5N3O4S/c1-2-43(49-35-33(40)31(38)30(37)32(39)34(35)41)20-29(45)44(19-25-14-13-24(18-42-25)23-11-7-4-8-12-23)26-15-16-27(36(46)47)28(17-26)48-21-22-9-5-3-6-10-22/h3,5-6,9-10,13-18,23H,2,4,7-8,11-12,19-21H2,1H3,(H,46,47). The predicted octanol–water partition coefficient (Wildman–Crippen LogP) is 8.66. The van der Waals surface area contributed by atoms with Gasteiger partial charge in [-0.05, 0) is 60.0 Å². The number of ether oxygens (including phenoxy) is 1. The fourth-order valence-corrected chi connectivity index (χ4v) is 6.54. The summed E-state index contributed by atoms with van der Waals surface area (Å²) in [5.74, 6) is -11.9. The zero-order chi connectivity index (χ0) is 35.1. The van der Waals surface area contributed by atoms with Gasteiger partial charge in [0.05, 0.1) is 18.8 Å². The Bertz CT molecular complexity index is 1760. The first-order valence-corrected chi connectivity index (χ1v) is 16.6. The quantitative estimate of drug-likeness (QED) is 0.0648. The lowest BCUT2D eigenvalue weighted by Crippen LogP contribution is -2.38. The minimum atomic E-state index is -2.28. The number of hydrogen-bond donors (Lipinski definition) is 1. The van der Waals surface area contributed by atoms with E-state index in [1.807, 2.05) is 42.5 Å². The van der Waals surface area contributed by atoms with Crippen molar-refractivity contribution in [2.24, 2.45) is 0 Å². The molecule has 13 heteroatoms. The van der Waals surface area contributed by atoms with E-state index in [2.05, 4.69) is 4.98 Å². The third-order valence-corrected chi connectivity index (χ3v) is 9.53. The van der Waals surface area contributed by atoms with Gasteiger partial charge >= 0.3 is 5.97 Å². The van der Waals surface area contributed by atoms with Crippen LogP contribution in [0.25, 0.3) is 0 Å². The van der Waals surface area contributed by atoms with E-state index in [9.17, 15) is 36.6 Å². The summed E-state index contributed by atoms with van der Waals surface area (Å²) < 4.78 is 77.6. The molecule has 5 rings (SSSR count). The second-order valence-electron chi connectivity index (χ2n) is 11.6. The molecule has 1 amide bonds. The maximum absolute atomic E-state index is 14.5. The lowest BCUT2D eigenvalue weighted by Gasteiger charge is -2.27. The maximum Gasteiger partial charge on any atom is 0.339 e. The third-order valence-electron chi connectivity index (χ3n) is 8.34. The number of rotatable bonds is 13. The second kappa shape index (κ2) is 16.3. The second-order valence-corrected chi connectivity index (χ2v) is 12.7. The summed E-state index contributed by atoms with van der Waals surface area (Å²) in [7, 11) is 0. The van der Waals surface area contributed by atoms with Crippen LogP contribution in [-0.2, 0) is 17.9 Å². The summed E-state index contributed by atoms with van der Waals surface area (Å²) in [6.07, 6.45) is 7.42. The fourth-order valence-electron chi connectivity index (χ4n) is 5.64. The minimum absolute atomic E-state index is 0.00427. The Kier molecular flexibility index (Phi) is 11.9. The molecule has 1 N–H and O–H groups in total. The lowest BCUT2D eigenvalue weighted by molar-refractivity contribution is -0.118. The van der Waals surface area contributed by atoms with Gasteiger partial charge in [0.15, 0.2) is 23.3 Å². The van der Waals surface area contributed by atoms with Gasteiger partial charge in [0.2, 0.25) is 11.7 Å². The van der Waals surface area contributed by atoms with Crippen molar-refractivity contribution in [3.63, 3.8) is 0 Å². The molecule has 258 valence electrons. The highest BCUT2D eigenvalue weighted by molar-refractivity contribution is 7.97. The molecule has 0 spiro atoms. The molecule has 3 aromatic carbocycles. The Labute approximate surface area is 284 Å². The first-order valence-electron chi connectivity index (χ1n) is 15.8. The number of halogens is 5. The number of aromatic carboxylic acids is 1. The largest absolute Gasteiger partial charge is 0.488 e. The van der Waals surface area contributed by atoms with E-state index >= 15 is 0 Å². The van der Waals surface area contributed by atoms with Crippen LogP contribution in [0.5, 0.6) is 5.75 Å². The first-order chi connectivity index (χ1) is 23.6. The molecule has 0 radical (unpaired) electrons. The summed E-state index contributed by atoms with van der Waals surface area (Å²) in [5.41, 5.74) is 2.49. The Morgan fingerprint density at radius 1 is 0.898 bits per heavy atom. The van der Waals surface area contributed by atoms with Gasteiger partial charge in [0, 0.05) is 24.5 Å². The van der Waals surface area contributed by atoms with Crippen LogP contribution in [0.1, 0.15) is 72.1 Å². The Hall–Kier alpha value is -4.49. The molecular formula is C36H34F5N3O4S. The van der Waals surface area contributed by atoms with Crippen molar-refractivity contribution in [3.8, 4) is 5.75 Å². The maximum atomic E-state index is 14.5. The van der Waals surface area contributed by atoms with Gasteiger partial charge in [-0.3, -0.25) is 9.78 Å². The van der Waals surface area contributed by atoms with Crippen LogP contribution in [0.2, 0.25) is 0 Å². The van der Waals surface area contributed by atoms with Crippen LogP contribution in [-0.4, -0.2) is 39.4 Å². The fraction of sp³-hybridized carbons (Fsp3) is 0.306. The monoisotopic (exact) mass is 699 g/mol. The number of nitrogens with zero attached hydrogens (tertiary/aromatic N) is 3. The number of hydrogen-bond acceptors (Lipinski definition) is 6. The summed E-state index contributed by atoms with van der Waals surface area (Å²) in [4.78, 5) is 30.8. The SMILES string of the molecule is CCN(CC(=O)N(Cc1ccc(C2CCCCC2)cn1)c1ccc(C(=O)O)c(OCc2ccccc2)c1)Sc1c(F)c(F)c(F)c(F)c1F. The summed E-state index contributed by atoms with van der Waals surface area (Å²) in [6.45, 7) is 1.01. The van der Waals surface area contributed by atoms with Crippen LogP contribution >= 0.6 is 11.9 Å². The zero-order valence-electron chi connectivity index (χ0n) is 26.6. The minimum Gasteiger partial charge on any atom is -0.488 e. The van der Waals surface area contributed by atoms with E-state index < -0.39 is 52.4 Å². The van der Waals surface area contributed by atoms with Crippen molar-refractivity contribution in [1.82, 2.24) is 9.29 Å². The van der Waals surface area contributed by atoms with Crippen molar-refractivity contribution >= 4 is 29.5 Å². The number of amides is 1. The van der Waals surface area contributed by atoms with E-state index in [1.54, 1.807) is 13.1 Å². The Balaban J connectivity index is 1.45. The molecule has 0 saturated heterocycles. The molecule has 1 aromatic heterocycles. The number of aromatic nitrogens is 1. The number of benzene rings is 3. The predicted molar refractivity (Wildman–Crippen MR) is 175 cm³/mol. The zero-order valence-corrected chi connectivity index (χ0v) is 27.4. The molecule has 1 fully saturated rings. The Morgan fingerprint density at radius 3 is 2.18 bits per heavy atom. The van der Waals surface area contributed by atoms with Gasteiger partial charge in [0.25, 0.3) is 0 Å². The van der Waals surface area contributed by atoms with E-state index in [-0.39, 0.29) is 48.6 Å². The van der Waals surface area contributed by atoms with Gasteiger partial charge in [0.1, 0.15) is 22.8 Å². The van der Waals surface area contributed by atoms with Crippen molar-refractivity contribution in [2.45, 2.75) is 63.0 Å². The van der Waals surface area contributed by atoms with Crippen molar-refractivity contribution in [3.05, 3.63) is 118 Å². The first kappa shape index (κ1) is 35.8. The third kappa shape index (κ3) is 8.57. The number of likely N-dealkylation sites (N-methyl/N-ethyl adjacent to an activating group) is 1. The molecule has 1 saturated carbocycles. The molecule has 7 nitrogen and oxygen atoms in total. The average Bonchev–Trinajstić information content (AvgIpc) is 3.13. The van der Waals surface area contributed by atoms with Crippen molar-refractivity contribution < 1.29 is 41.4 Å². The molecule has 1 aliphatic rings. The topological polar surface area (TPSA) is 83.0 Å². The number of pyridine rings is 1. The smallest absolute Gasteiger partial charge is 0.339 e. The highest BCUT2D eigenvalue weighted by Crippen LogP contribution is 2.35. The average molecular weight is 700 g/mol. The molecule has 1 heterocycles. The number of carbonyl (C=O) groups excluding carboxylic acids is 1. The van der Waals surface area contributed by atoms with Crippen molar-refractivity contribution in [1.29, 1.82) is 0 Å². The molecule has 1 aliphatic carbocycles. The van der Waals surface area contributed by atoms with Crippen molar-refractivity contribution in [2.75, 3.05) is 18.0 Å². The molecule has 0 bridgehead atoms. The molecule has 0 aliphatic heterocycles. The van der Waals surface area contributed by atoms with Crippen LogP contribution in [0.15, 0.2) is 71.8 Å². The summed E-state index contributed by atoms with van der Waals surface area (Å²) in [5, 5.41) is 9.84. The van der Waals surface area contributed by atoms with Crippen LogP contribution in [0.3, 0.4) is 0 Å². The van der Waals surface area contributed by atoms with Gasteiger partial charge in [-0.15, -0.1) is 0 Å². The van der Waals surface area contributed by atoms with E-state index in [0.717, 1.165) is 41.1 Å². The number of carboxylic acids is 1. The van der Waals surface area contributed by atoms with Gasteiger partial charge in [-0.1, -0.05) is 62.6 Å². The number of carboxylic acid groups (broad SMARTS) is 1. The molecule has 0 unspecified atom stereocenters. The summed E-state index contributed by atoms with van der Waals surface area (Å²) >= 11 is 0.230. The van der Waals surface area contributed by atoms with E-state index in [4.69, 9.17) is 4.74 Å². The molecule has 0 atom stereocenters.